The zero-order valence-electron chi connectivity index (χ0n) is 8.56. The first kappa shape index (κ1) is 11.3. The van der Waals surface area contributed by atoms with Crippen LogP contribution in [0, 0.1) is 0 Å². The van der Waals surface area contributed by atoms with Crippen molar-refractivity contribution in [3.05, 3.63) is 17.8 Å². The second kappa shape index (κ2) is 5.19. The van der Waals surface area contributed by atoms with E-state index in [9.17, 15) is 4.79 Å². The van der Waals surface area contributed by atoms with Crippen molar-refractivity contribution in [3.63, 3.8) is 0 Å². The molecule has 0 aromatic carbocycles. The summed E-state index contributed by atoms with van der Waals surface area (Å²) in [5, 5.41) is 8.71. The van der Waals surface area contributed by atoms with Crippen molar-refractivity contribution in [1.29, 1.82) is 0 Å². The third kappa shape index (κ3) is 3.12. The van der Waals surface area contributed by atoms with E-state index in [1.165, 1.54) is 12.1 Å². The number of pyridine rings is 1. The van der Waals surface area contributed by atoms with Crippen LogP contribution in [0.5, 0.6) is 5.88 Å². The SMILES string of the molecule is CCCCOc1nc(C(=O)O)ccc1N. The van der Waals surface area contributed by atoms with Crippen molar-refractivity contribution in [2.24, 2.45) is 0 Å². The van der Waals surface area contributed by atoms with Gasteiger partial charge < -0.3 is 15.6 Å². The van der Waals surface area contributed by atoms with Gasteiger partial charge in [0.25, 0.3) is 0 Å². The van der Waals surface area contributed by atoms with Gasteiger partial charge in [-0.3, -0.25) is 0 Å². The molecule has 0 saturated carbocycles. The molecule has 15 heavy (non-hydrogen) atoms. The van der Waals surface area contributed by atoms with Crippen LogP contribution in [-0.2, 0) is 0 Å². The minimum Gasteiger partial charge on any atom is -0.477 e. The minimum absolute atomic E-state index is 0.0595. The van der Waals surface area contributed by atoms with Gasteiger partial charge in [-0.25, -0.2) is 9.78 Å². The normalized spacial score (nSPS) is 9.93. The monoisotopic (exact) mass is 210 g/mol. The zero-order chi connectivity index (χ0) is 11.3. The Labute approximate surface area is 87.9 Å². The molecule has 0 aliphatic heterocycles. The second-order valence-corrected chi connectivity index (χ2v) is 3.10. The summed E-state index contributed by atoms with van der Waals surface area (Å²) in [6.07, 6.45) is 1.89. The molecule has 82 valence electrons. The maximum absolute atomic E-state index is 10.6. The Morgan fingerprint density at radius 1 is 1.60 bits per heavy atom. The molecule has 0 unspecified atom stereocenters. The summed E-state index contributed by atoms with van der Waals surface area (Å²) in [7, 11) is 0. The number of aromatic nitrogens is 1. The summed E-state index contributed by atoms with van der Waals surface area (Å²) in [6.45, 7) is 2.53. The van der Waals surface area contributed by atoms with Crippen LogP contribution in [0.15, 0.2) is 12.1 Å². The van der Waals surface area contributed by atoms with Crippen molar-refractivity contribution in [3.8, 4) is 5.88 Å². The zero-order valence-corrected chi connectivity index (χ0v) is 8.56. The fraction of sp³-hybridized carbons (Fsp3) is 0.400. The second-order valence-electron chi connectivity index (χ2n) is 3.10. The van der Waals surface area contributed by atoms with Gasteiger partial charge in [-0.15, -0.1) is 0 Å². The number of carboxylic acids is 1. The molecule has 0 atom stereocenters. The van der Waals surface area contributed by atoms with Crippen LogP contribution >= 0.6 is 0 Å². The third-order valence-corrected chi connectivity index (χ3v) is 1.85. The van der Waals surface area contributed by atoms with Gasteiger partial charge in [0.05, 0.1) is 12.3 Å². The summed E-state index contributed by atoms with van der Waals surface area (Å²) in [6, 6.07) is 2.84. The van der Waals surface area contributed by atoms with E-state index in [4.69, 9.17) is 15.6 Å². The Balaban J connectivity index is 2.76. The van der Waals surface area contributed by atoms with E-state index in [0.29, 0.717) is 12.3 Å². The molecule has 3 N–H and O–H groups in total. The molecule has 1 rings (SSSR count). The van der Waals surface area contributed by atoms with Crippen LogP contribution in [0.2, 0.25) is 0 Å². The molecule has 0 aliphatic rings. The first-order valence-corrected chi connectivity index (χ1v) is 4.77. The number of aromatic carboxylic acids is 1. The lowest BCUT2D eigenvalue weighted by molar-refractivity contribution is 0.0689. The van der Waals surface area contributed by atoms with Gasteiger partial charge in [0.1, 0.15) is 0 Å². The highest BCUT2D eigenvalue weighted by Crippen LogP contribution is 2.18. The highest BCUT2D eigenvalue weighted by molar-refractivity contribution is 5.86. The molecule has 0 amide bonds. The summed E-state index contributed by atoms with van der Waals surface area (Å²) in [4.78, 5) is 14.4. The van der Waals surface area contributed by atoms with Gasteiger partial charge in [0, 0.05) is 0 Å². The van der Waals surface area contributed by atoms with Gasteiger partial charge in [-0.1, -0.05) is 13.3 Å². The maximum atomic E-state index is 10.6. The first-order valence-electron chi connectivity index (χ1n) is 4.77. The van der Waals surface area contributed by atoms with E-state index in [2.05, 4.69) is 4.98 Å². The van der Waals surface area contributed by atoms with Crippen molar-refractivity contribution >= 4 is 11.7 Å². The number of hydrogen-bond acceptors (Lipinski definition) is 4. The number of unbranched alkanes of at least 4 members (excludes halogenated alkanes) is 1. The molecular formula is C10H14N2O3. The number of carboxylic acid groups (broad SMARTS) is 1. The number of hydrogen-bond donors (Lipinski definition) is 2. The van der Waals surface area contributed by atoms with Crippen LogP contribution in [-0.4, -0.2) is 22.7 Å². The number of nitrogens with zero attached hydrogens (tertiary/aromatic N) is 1. The van der Waals surface area contributed by atoms with E-state index in [1.54, 1.807) is 0 Å². The molecule has 1 heterocycles. The first-order chi connectivity index (χ1) is 7.15. The number of nitrogen functional groups attached to an aromatic ring is 1. The van der Waals surface area contributed by atoms with Gasteiger partial charge in [0.2, 0.25) is 5.88 Å². The van der Waals surface area contributed by atoms with Crippen molar-refractivity contribution < 1.29 is 14.6 Å². The molecule has 0 aliphatic carbocycles. The summed E-state index contributed by atoms with van der Waals surface area (Å²) < 4.78 is 5.27. The average molecular weight is 210 g/mol. The fourth-order valence-electron chi connectivity index (χ4n) is 0.999. The number of ether oxygens (including phenoxy) is 1. The quantitative estimate of drug-likeness (QED) is 0.720. The number of rotatable bonds is 5. The highest BCUT2D eigenvalue weighted by Gasteiger charge is 2.09. The Kier molecular flexibility index (Phi) is 3.91. The van der Waals surface area contributed by atoms with E-state index in [-0.39, 0.29) is 11.6 Å². The van der Waals surface area contributed by atoms with Gasteiger partial charge in [0.15, 0.2) is 5.69 Å². The summed E-state index contributed by atoms with van der Waals surface area (Å²) in [5.74, 6) is -0.890. The Morgan fingerprint density at radius 3 is 2.93 bits per heavy atom. The maximum Gasteiger partial charge on any atom is 0.354 e. The van der Waals surface area contributed by atoms with Gasteiger partial charge in [-0.05, 0) is 18.6 Å². The molecule has 0 radical (unpaired) electrons. The largest absolute Gasteiger partial charge is 0.477 e. The Hall–Kier alpha value is -1.78. The van der Waals surface area contributed by atoms with E-state index >= 15 is 0 Å². The lowest BCUT2D eigenvalue weighted by Crippen LogP contribution is -2.06. The van der Waals surface area contributed by atoms with Crippen molar-refractivity contribution in [2.45, 2.75) is 19.8 Å². The highest BCUT2D eigenvalue weighted by atomic mass is 16.5. The van der Waals surface area contributed by atoms with Crippen LogP contribution in [0.3, 0.4) is 0 Å². The van der Waals surface area contributed by atoms with Crippen molar-refractivity contribution in [1.82, 2.24) is 4.98 Å². The predicted molar refractivity (Wildman–Crippen MR) is 56.0 cm³/mol. The van der Waals surface area contributed by atoms with Crippen molar-refractivity contribution in [2.75, 3.05) is 12.3 Å². The van der Waals surface area contributed by atoms with E-state index in [1.807, 2.05) is 6.92 Å². The topological polar surface area (TPSA) is 85.4 Å². The molecule has 0 saturated heterocycles. The Morgan fingerprint density at radius 2 is 2.33 bits per heavy atom. The van der Waals surface area contributed by atoms with Crippen LogP contribution in [0.4, 0.5) is 5.69 Å². The van der Waals surface area contributed by atoms with E-state index < -0.39 is 5.97 Å². The number of nitrogens with two attached hydrogens (primary N) is 1. The molecule has 1 aromatic heterocycles. The molecular weight excluding hydrogens is 196 g/mol. The van der Waals surface area contributed by atoms with Crippen LogP contribution < -0.4 is 10.5 Å². The third-order valence-electron chi connectivity index (χ3n) is 1.85. The fourth-order valence-corrected chi connectivity index (χ4v) is 0.999. The number of anilines is 1. The van der Waals surface area contributed by atoms with Gasteiger partial charge >= 0.3 is 5.97 Å². The summed E-state index contributed by atoms with van der Waals surface area (Å²) in [5.41, 5.74) is 5.89. The predicted octanol–water partition coefficient (Wildman–Crippen LogP) is 1.54. The smallest absolute Gasteiger partial charge is 0.354 e. The molecule has 5 nitrogen and oxygen atoms in total. The average Bonchev–Trinajstić information content (AvgIpc) is 2.20. The minimum atomic E-state index is -1.09. The summed E-state index contributed by atoms with van der Waals surface area (Å²) >= 11 is 0. The van der Waals surface area contributed by atoms with Gasteiger partial charge in [-0.2, -0.15) is 0 Å². The molecule has 0 fully saturated rings. The molecule has 1 aromatic rings. The molecule has 0 spiro atoms. The van der Waals surface area contributed by atoms with Crippen LogP contribution in [0.1, 0.15) is 30.3 Å². The standard InChI is InChI=1S/C10H14N2O3/c1-2-3-6-15-9-7(11)4-5-8(12-9)10(13)14/h4-5H,2-3,6,11H2,1H3,(H,13,14). The number of carbonyl (C=O) groups is 1. The van der Waals surface area contributed by atoms with E-state index in [0.717, 1.165) is 12.8 Å². The lowest BCUT2D eigenvalue weighted by atomic mass is 10.3. The molecule has 0 bridgehead atoms. The molecule has 5 heteroatoms. The Bertz CT molecular complexity index is 353. The van der Waals surface area contributed by atoms with Crippen LogP contribution in [0.25, 0.3) is 0 Å². The lowest BCUT2D eigenvalue weighted by Gasteiger charge is -2.07.